The van der Waals surface area contributed by atoms with Crippen molar-refractivity contribution in [2.75, 3.05) is 19.7 Å². The SMILES string of the molecule is CCOc1ccccc1CC(C)(C#N)N1CCCC1. The average Bonchev–Trinajstić information content (AvgIpc) is 2.96. The van der Waals surface area contributed by atoms with E-state index in [1.165, 1.54) is 12.8 Å². The number of benzene rings is 1. The first-order valence-corrected chi connectivity index (χ1v) is 7.06. The van der Waals surface area contributed by atoms with Crippen LogP contribution in [0, 0.1) is 11.3 Å². The van der Waals surface area contributed by atoms with Crippen molar-refractivity contribution >= 4 is 0 Å². The van der Waals surface area contributed by atoms with Crippen molar-refractivity contribution in [2.45, 2.75) is 38.6 Å². The number of rotatable bonds is 5. The number of nitrogens with zero attached hydrogens (tertiary/aromatic N) is 2. The number of nitriles is 1. The Morgan fingerprint density at radius 1 is 1.32 bits per heavy atom. The van der Waals surface area contributed by atoms with Crippen molar-refractivity contribution < 1.29 is 4.74 Å². The van der Waals surface area contributed by atoms with E-state index in [4.69, 9.17) is 4.74 Å². The van der Waals surface area contributed by atoms with Gasteiger partial charge in [-0.15, -0.1) is 0 Å². The molecule has 2 rings (SSSR count). The largest absolute Gasteiger partial charge is 0.494 e. The van der Waals surface area contributed by atoms with Gasteiger partial charge in [0.05, 0.1) is 12.7 Å². The number of likely N-dealkylation sites (tertiary alicyclic amines) is 1. The normalized spacial score (nSPS) is 18.8. The van der Waals surface area contributed by atoms with E-state index in [2.05, 4.69) is 17.0 Å². The van der Waals surface area contributed by atoms with Crippen molar-refractivity contribution in [3.05, 3.63) is 29.8 Å². The molecule has 0 bridgehead atoms. The zero-order valence-electron chi connectivity index (χ0n) is 11.9. The Morgan fingerprint density at radius 3 is 2.63 bits per heavy atom. The zero-order chi connectivity index (χ0) is 13.7. The van der Waals surface area contributed by atoms with Gasteiger partial charge >= 0.3 is 0 Å². The smallest absolute Gasteiger partial charge is 0.122 e. The summed E-state index contributed by atoms with van der Waals surface area (Å²) in [5.41, 5.74) is 0.698. The molecule has 3 nitrogen and oxygen atoms in total. The molecule has 3 heteroatoms. The Balaban J connectivity index is 2.20. The summed E-state index contributed by atoms with van der Waals surface area (Å²) in [6.45, 7) is 6.74. The summed E-state index contributed by atoms with van der Waals surface area (Å²) in [5, 5.41) is 9.60. The highest BCUT2D eigenvalue weighted by atomic mass is 16.5. The molecule has 0 amide bonds. The molecule has 19 heavy (non-hydrogen) atoms. The predicted octanol–water partition coefficient (Wildman–Crippen LogP) is 3.01. The lowest BCUT2D eigenvalue weighted by Gasteiger charge is -2.33. The minimum absolute atomic E-state index is 0.427. The minimum Gasteiger partial charge on any atom is -0.494 e. The van der Waals surface area contributed by atoms with Crippen molar-refractivity contribution in [3.8, 4) is 11.8 Å². The lowest BCUT2D eigenvalue weighted by Crippen LogP contribution is -2.45. The number of hydrogen-bond acceptors (Lipinski definition) is 3. The number of para-hydroxylation sites is 1. The molecule has 0 aromatic heterocycles. The van der Waals surface area contributed by atoms with Crippen molar-refractivity contribution in [1.82, 2.24) is 4.90 Å². The Morgan fingerprint density at radius 2 is 2.00 bits per heavy atom. The molecule has 1 saturated heterocycles. The van der Waals surface area contributed by atoms with E-state index in [9.17, 15) is 5.26 Å². The van der Waals surface area contributed by atoms with Crippen LogP contribution >= 0.6 is 0 Å². The molecule has 0 radical (unpaired) electrons. The van der Waals surface area contributed by atoms with Gasteiger partial charge < -0.3 is 4.74 Å². The Labute approximate surface area is 115 Å². The van der Waals surface area contributed by atoms with Crippen LogP contribution in [0.25, 0.3) is 0 Å². The summed E-state index contributed by atoms with van der Waals surface area (Å²) in [6, 6.07) is 10.6. The highest BCUT2D eigenvalue weighted by Crippen LogP contribution is 2.29. The molecule has 0 aliphatic carbocycles. The second kappa shape index (κ2) is 6.08. The molecule has 1 aliphatic heterocycles. The molecule has 0 N–H and O–H groups in total. The van der Waals surface area contributed by atoms with Crippen molar-refractivity contribution in [2.24, 2.45) is 0 Å². The molecule has 1 fully saturated rings. The van der Waals surface area contributed by atoms with Gasteiger partial charge in [0.1, 0.15) is 11.3 Å². The summed E-state index contributed by atoms with van der Waals surface area (Å²) < 4.78 is 5.66. The lowest BCUT2D eigenvalue weighted by atomic mass is 9.92. The van der Waals surface area contributed by atoms with Crippen LogP contribution in [0.5, 0.6) is 5.75 Å². The molecule has 102 valence electrons. The fourth-order valence-electron chi connectivity index (χ4n) is 2.75. The molecule has 1 aromatic carbocycles. The number of ether oxygens (including phenoxy) is 1. The van der Waals surface area contributed by atoms with Gasteiger partial charge in [0, 0.05) is 6.42 Å². The van der Waals surface area contributed by atoms with Gasteiger partial charge in [0.2, 0.25) is 0 Å². The van der Waals surface area contributed by atoms with Gasteiger partial charge in [0.25, 0.3) is 0 Å². The monoisotopic (exact) mass is 258 g/mol. The first kappa shape index (κ1) is 13.9. The van der Waals surface area contributed by atoms with Crippen LogP contribution in [-0.2, 0) is 6.42 Å². The van der Waals surface area contributed by atoms with Crippen LogP contribution in [0.2, 0.25) is 0 Å². The van der Waals surface area contributed by atoms with E-state index >= 15 is 0 Å². The molecular weight excluding hydrogens is 236 g/mol. The van der Waals surface area contributed by atoms with E-state index in [0.717, 1.165) is 30.8 Å². The molecule has 1 atom stereocenters. The van der Waals surface area contributed by atoms with Gasteiger partial charge in [-0.05, 0) is 51.4 Å². The van der Waals surface area contributed by atoms with E-state index in [-0.39, 0.29) is 0 Å². The van der Waals surface area contributed by atoms with Gasteiger partial charge in [-0.2, -0.15) is 5.26 Å². The van der Waals surface area contributed by atoms with Crippen LogP contribution in [0.4, 0.5) is 0 Å². The highest BCUT2D eigenvalue weighted by Gasteiger charge is 2.34. The minimum atomic E-state index is -0.427. The molecule has 1 unspecified atom stereocenters. The first-order chi connectivity index (χ1) is 9.19. The first-order valence-electron chi connectivity index (χ1n) is 7.06. The number of hydrogen-bond donors (Lipinski definition) is 0. The van der Waals surface area contributed by atoms with Crippen molar-refractivity contribution in [3.63, 3.8) is 0 Å². The maximum atomic E-state index is 9.60. The zero-order valence-corrected chi connectivity index (χ0v) is 11.9. The maximum absolute atomic E-state index is 9.60. The van der Waals surface area contributed by atoms with Crippen LogP contribution in [-0.4, -0.2) is 30.1 Å². The third-order valence-corrected chi connectivity index (χ3v) is 3.85. The topological polar surface area (TPSA) is 36.3 Å². The average molecular weight is 258 g/mol. The molecule has 0 saturated carbocycles. The highest BCUT2D eigenvalue weighted by molar-refractivity contribution is 5.36. The summed E-state index contributed by atoms with van der Waals surface area (Å²) in [6.07, 6.45) is 3.12. The van der Waals surface area contributed by atoms with Gasteiger partial charge in [0.15, 0.2) is 0 Å². The molecule has 0 spiro atoms. The summed E-state index contributed by atoms with van der Waals surface area (Å²) in [7, 11) is 0. The second-order valence-corrected chi connectivity index (χ2v) is 5.30. The Hall–Kier alpha value is -1.53. The third-order valence-electron chi connectivity index (χ3n) is 3.85. The predicted molar refractivity (Wildman–Crippen MR) is 76.1 cm³/mol. The van der Waals surface area contributed by atoms with Gasteiger partial charge in [-0.3, -0.25) is 4.90 Å². The lowest BCUT2D eigenvalue weighted by molar-refractivity contribution is 0.189. The summed E-state index contributed by atoms with van der Waals surface area (Å²) in [4.78, 5) is 2.30. The standard InChI is InChI=1S/C16H22N2O/c1-3-19-15-9-5-4-8-14(15)12-16(2,13-17)18-10-6-7-11-18/h4-5,8-9H,3,6-7,10-12H2,1-2H3. The molecule has 1 aromatic rings. The summed E-state index contributed by atoms with van der Waals surface area (Å²) in [5.74, 6) is 0.908. The van der Waals surface area contributed by atoms with Gasteiger partial charge in [-0.1, -0.05) is 18.2 Å². The maximum Gasteiger partial charge on any atom is 0.122 e. The van der Waals surface area contributed by atoms with Crippen LogP contribution in [0.3, 0.4) is 0 Å². The molecule has 1 aliphatic rings. The fourth-order valence-corrected chi connectivity index (χ4v) is 2.75. The quantitative estimate of drug-likeness (QED) is 0.814. The fraction of sp³-hybridized carbons (Fsp3) is 0.562. The van der Waals surface area contributed by atoms with E-state index < -0.39 is 5.54 Å². The second-order valence-electron chi connectivity index (χ2n) is 5.30. The van der Waals surface area contributed by atoms with E-state index in [0.29, 0.717) is 6.61 Å². The molecular formula is C16H22N2O. The van der Waals surface area contributed by atoms with Crippen LogP contribution in [0.15, 0.2) is 24.3 Å². The third kappa shape index (κ3) is 3.08. The van der Waals surface area contributed by atoms with Gasteiger partial charge in [-0.25, -0.2) is 0 Å². The van der Waals surface area contributed by atoms with Crippen LogP contribution in [0.1, 0.15) is 32.3 Å². The molecule has 1 heterocycles. The summed E-state index contributed by atoms with van der Waals surface area (Å²) >= 11 is 0. The van der Waals surface area contributed by atoms with Crippen molar-refractivity contribution in [1.29, 1.82) is 5.26 Å². The Kier molecular flexibility index (Phi) is 4.44. The Bertz CT molecular complexity index is 460. The van der Waals surface area contributed by atoms with E-state index in [1.54, 1.807) is 0 Å². The van der Waals surface area contributed by atoms with Crippen LogP contribution < -0.4 is 4.74 Å². The van der Waals surface area contributed by atoms with E-state index in [1.807, 2.05) is 32.0 Å².